The number of hydrogen-bond donors (Lipinski definition) is 0. The van der Waals surface area contributed by atoms with Gasteiger partial charge in [0.25, 0.3) is 0 Å². The molecule has 2 aliphatic carbocycles. The maximum absolute atomic E-state index is 2.51. The number of hydrogen-bond acceptors (Lipinski definition) is 0. The van der Waals surface area contributed by atoms with Crippen LogP contribution >= 0.6 is 0 Å². The fourth-order valence-corrected chi connectivity index (χ4v) is 1.93. The van der Waals surface area contributed by atoms with Gasteiger partial charge in [0.2, 0.25) is 0 Å². The largest absolute Gasteiger partial charge is 1.00 e. The molecule has 0 amide bonds. The predicted octanol–water partition coefficient (Wildman–Crippen LogP) is -0.988. The first-order valence-corrected chi connectivity index (χ1v) is 3.28. The van der Waals surface area contributed by atoms with Crippen molar-refractivity contribution in [2.75, 3.05) is 0 Å². The Morgan fingerprint density at radius 3 is 2.11 bits per heavy atom. The zero-order valence-electron chi connectivity index (χ0n) is 5.65. The third-order valence-corrected chi connectivity index (χ3v) is 2.38. The molecule has 2 saturated carbocycles. The summed E-state index contributed by atoms with van der Waals surface area (Å²) < 4.78 is 0. The second kappa shape index (κ2) is 4.08. The first kappa shape index (κ1) is 10.1. The van der Waals surface area contributed by atoms with Gasteiger partial charge in [0, 0.05) is 19.5 Å². The summed E-state index contributed by atoms with van der Waals surface area (Å²) in [5.41, 5.74) is 0. The monoisotopic (exact) mass is 238 g/mol. The molecule has 2 atom stereocenters. The first-order valence-electron chi connectivity index (χ1n) is 3.28. The third-order valence-electron chi connectivity index (χ3n) is 2.38. The molecule has 49 valence electrons. The van der Waals surface area contributed by atoms with E-state index >= 15 is 0 Å². The van der Waals surface area contributed by atoms with Crippen molar-refractivity contribution < 1.29 is 36.5 Å². The van der Waals surface area contributed by atoms with E-state index in [4.69, 9.17) is 0 Å². The minimum absolute atomic E-state index is 0. The van der Waals surface area contributed by atoms with Crippen LogP contribution in [0.25, 0.3) is 0 Å². The van der Waals surface area contributed by atoms with E-state index in [1.165, 1.54) is 25.7 Å². The minimum Gasteiger partial charge on any atom is -1.00 e. The van der Waals surface area contributed by atoms with E-state index < -0.39 is 0 Å². The quantitative estimate of drug-likeness (QED) is 0.477. The molecule has 0 heterocycles. The fraction of sp³-hybridized carbons (Fsp3) is 0.857. The second-order valence-electron chi connectivity index (χ2n) is 2.91. The van der Waals surface area contributed by atoms with Gasteiger partial charge < -0.3 is 17.0 Å². The van der Waals surface area contributed by atoms with Crippen molar-refractivity contribution in [3.63, 3.8) is 0 Å². The number of halogens is 1. The van der Waals surface area contributed by atoms with Gasteiger partial charge in [-0.2, -0.15) is 0 Å². The Morgan fingerprint density at radius 1 is 1.22 bits per heavy atom. The molecule has 0 unspecified atom stereocenters. The summed E-state index contributed by atoms with van der Waals surface area (Å²) in [6.07, 6.45) is 8.50. The Balaban J connectivity index is 0.000000320. The Kier molecular flexibility index (Phi) is 4.58. The van der Waals surface area contributed by atoms with Crippen LogP contribution in [0.1, 0.15) is 25.7 Å². The van der Waals surface area contributed by atoms with Crippen molar-refractivity contribution in [2.45, 2.75) is 25.7 Å². The van der Waals surface area contributed by atoms with Crippen LogP contribution in [0.2, 0.25) is 0 Å². The van der Waals surface area contributed by atoms with Crippen LogP contribution in [0.3, 0.4) is 0 Å². The molecular weight excluding hydrogens is 229 g/mol. The zero-order chi connectivity index (χ0) is 4.69. The molecule has 0 nitrogen and oxygen atoms in total. The van der Waals surface area contributed by atoms with Crippen LogP contribution in [-0.2, 0) is 19.5 Å². The van der Waals surface area contributed by atoms with Gasteiger partial charge in [-0.05, 0) is 37.5 Å². The molecule has 0 aliphatic heterocycles. The summed E-state index contributed by atoms with van der Waals surface area (Å²) in [6, 6.07) is 0. The molecule has 2 bridgehead atoms. The molecule has 2 fully saturated rings. The van der Waals surface area contributed by atoms with E-state index in [-0.39, 0.29) is 36.5 Å². The molecule has 0 spiro atoms. The maximum atomic E-state index is 2.51. The number of fused-ring (bicyclic) bond motifs is 2. The van der Waals surface area contributed by atoms with E-state index in [0.717, 1.165) is 11.8 Å². The fourth-order valence-electron chi connectivity index (χ4n) is 1.93. The van der Waals surface area contributed by atoms with E-state index in [1.54, 1.807) is 0 Å². The van der Waals surface area contributed by atoms with Crippen LogP contribution in [0.5, 0.6) is 0 Å². The van der Waals surface area contributed by atoms with Gasteiger partial charge in [-0.15, -0.1) is 0 Å². The van der Waals surface area contributed by atoms with Crippen molar-refractivity contribution in [3.05, 3.63) is 6.42 Å². The zero-order valence-corrected chi connectivity index (χ0v) is 10.2. The Morgan fingerprint density at radius 2 is 2.00 bits per heavy atom. The van der Waals surface area contributed by atoms with Gasteiger partial charge in [-0.1, -0.05) is 6.42 Å². The molecule has 0 aromatic carbocycles. The summed E-state index contributed by atoms with van der Waals surface area (Å²) in [5.74, 6) is 2.16. The van der Waals surface area contributed by atoms with Gasteiger partial charge in [0.1, 0.15) is 0 Å². The molecule has 0 N–H and O–H groups in total. The van der Waals surface area contributed by atoms with E-state index in [2.05, 4.69) is 6.42 Å². The topological polar surface area (TPSA) is 0 Å². The average Bonchev–Trinajstić information content (AvgIpc) is 2.22. The first-order chi connectivity index (χ1) is 3.45. The second-order valence-corrected chi connectivity index (χ2v) is 2.91. The van der Waals surface area contributed by atoms with E-state index in [9.17, 15) is 0 Å². The van der Waals surface area contributed by atoms with Crippen LogP contribution in [0.4, 0.5) is 0 Å². The van der Waals surface area contributed by atoms with Crippen molar-refractivity contribution in [3.8, 4) is 0 Å². The Labute approximate surface area is 80.3 Å². The Hall–Kier alpha value is 1.10. The van der Waals surface area contributed by atoms with Crippen LogP contribution in [-0.4, -0.2) is 0 Å². The average molecular weight is 240 g/mol. The molecule has 2 aliphatic rings. The van der Waals surface area contributed by atoms with Gasteiger partial charge in [-0.3, -0.25) is 0 Å². The minimum atomic E-state index is 0. The van der Waals surface area contributed by atoms with Crippen LogP contribution in [0.15, 0.2) is 0 Å². The van der Waals surface area contributed by atoms with Crippen molar-refractivity contribution in [1.29, 1.82) is 0 Å². The normalized spacial score (nSPS) is 37.3. The smallest absolute Gasteiger partial charge is 0 e. The molecular formula is C7H11BrZn-. The predicted molar refractivity (Wildman–Crippen MR) is 29.7 cm³/mol. The summed E-state index contributed by atoms with van der Waals surface area (Å²) >= 11 is 0. The Bertz CT molecular complexity index is 67.0. The standard InChI is InChI=1S/C7H11.BrH.Zn/c1-2-7-4-3-6(1)5-7;;/h1,6-7H,2-5H2;1H;/p-1/t6-,7+;;/m0../s1. The third kappa shape index (κ3) is 2.01. The van der Waals surface area contributed by atoms with E-state index in [0.29, 0.717) is 0 Å². The molecule has 2 heteroatoms. The van der Waals surface area contributed by atoms with Gasteiger partial charge >= 0.3 is 0 Å². The SMILES string of the molecule is [Br-].[CH]1C[C@@H]2CC[C@H]1C2.[Zn]. The van der Waals surface area contributed by atoms with Crippen LogP contribution < -0.4 is 17.0 Å². The van der Waals surface area contributed by atoms with E-state index in [1.807, 2.05) is 0 Å². The molecule has 9 heavy (non-hydrogen) atoms. The van der Waals surface area contributed by atoms with Crippen molar-refractivity contribution in [1.82, 2.24) is 0 Å². The summed E-state index contributed by atoms with van der Waals surface area (Å²) in [5, 5.41) is 0. The van der Waals surface area contributed by atoms with Gasteiger partial charge in [-0.25, -0.2) is 0 Å². The molecule has 0 aromatic heterocycles. The van der Waals surface area contributed by atoms with Gasteiger partial charge in [0.15, 0.2) is 0 Å². The summed E-state index contributed by atoms with van der Waals surface area (Å²) in [6.45, 7) is 0. The van der Waals surface area contributed by atoms with Gasteiger partial charge in [0.05, 0.1) is 0 Å². The van der Waals surface area contributed by atoms with Crippen molar-refractivity contribution >= 4 is 0 Å². The maximum Gasteiger partial charge on any atom is 0 e. The number of rotatable bonds is 0. The molecule has 0 aromatic rings. The molecule has 1 radical (unpaired) electrons. The summed E-state index contributed by atoms with van der Waals surface area (Å²) in [4.78, 5) is 0. The molecule has 0 saturated heterocycles. The van der Waals surface area contributed by atoms with Crippen LogP contribution in [0, 0.1) is 18.3 Å². The van der Waals surface area contributed by atoms with Crippen molar-refractivity contribution in [2.24, 2.45) is 11.8 Å². The molecule has 2 rings (SSSR count). The summed E-state index contributed by atoms with van der Waals surface area (Å²) in [7, 11) is 0.